The van der Waals surface area contributed by atoms with Gasteiger partial charge in [0, 0.05) is 0 Å². The molecule has 0 amide bonds. The molecule has 0 spiro atoms. The molecule has 5 nitrogen and oxygen atoms in total. The van der Waals surface area contributed by atoms with E-state index in [0.29, 0.717) is 11.8 Å². The molecule has 21 heavy (non-hydrogen) atoms. The molecule has 0 heterocycles. The van der Waals surface area contributed by atoms with Crippen molar-refractivity contribution in [2.45, 2.75) is 12.8 Å². The average molecular weight is 286 g/mol. The molecule has 0 aromatic heterocycles. The van der Waals surface area contributed by atoms with Gasteiger partial charge in [-0.1, -0.05) is 24.3 Å². The summed E-state index contributed by atoms with van der Waals surface area (Å²) < 4.78 is 4.94. The molecule has 0 radical (unpaired) electrons. The van der Waals surface area contributed by atoms with E-state index in [1.54, 1.807) is 12.1 Å². The number of ether oxygens (including phenoxy) is 1. The summed E-state index contributed by atoms with van der Waals surface area (Å²) in [6.45, 7) is -0.444. The van der Waals surface area contributed by atoms with Gasteiger partial charge in [0.25, 0.3) is 0 Å². The van der Waals surface area contributed by atoms with Crippen molar-refractivity contribution in [1.29, 1.82) is 0 Å². The third-order valence-electron chi connectivity index (χ3n) is 3.81. The van der Waals surface area contributed by atoms with Crippen LogP contribution in [0.4, 0.5) is 0 Å². The zero-order valence-corrected chi connectivity index (χ0v) is 11.3. The van der Waals surface area contributed by atoms with Gasteiger partial charge in [-0.3, -0.25) is 0 Å². The van der Waals surface area contributed by atoms with Gasteiger partial charge in [0.1, 0.15) is 6.61 Å². The Hall–Kier alpha value is -2.40. The standard InChI is InChI=1S/C16H14O5/c17-7-8-21-16(20)14-11-4-2-1-3-9(11)10-5-6-12(10)13(14)15(18)19/h1-4,17H,5-8H2,(H,18,19). The van der Waals surface area contributed by atoms with Crippen molar-refractivity contribution < 1.29 is 24.5 Å². The Morgan fingerprint density at radius 2 is 1.71 bits per heavy atom. The van der Waals surface area contributed by atoms with E-state index < -0.39 is 11.9 Å². The number of fused-ring (bicyclic) bond motifs is 3. The van der Waals surface area contributed by atoms with Crippen LogP contribution < -0.4 is 0 Å². The fourth-order valence-corrected chi connectivity index (χ4v) is 2.86. The van der Waals surface area contributed by atoms with Crippen LogP contribution in [0, 0.1) is 0 Å². The molecule has 108 valence electrons. The molecule has 0 atom stereocenters. The highest BCUT2D eigenvalue weighted by molar-refractivity contribution is 6.14. The van der Waals surface area contributed by atoms with Gasteiger partial charge in [0.2, 0.25) is 0 Å². The lowest BCUT2D eigenvalue weighted by Gasteiger charge is -2.25. The molecule has 1 aliphatic rings. The maximum Gasteiger partial charge on any atom is 0.339 e. The number of benzene rings is 2. The summed E-state index contributed by atoms with van der Waals surface area (Å²) in [6.07, 6.45) is 1.48. The molecule has 5 heteroatoms. The second kappa shape index (κ2) is 5.18. The SMILES string of the molecule is O=C(O)c1c2c(c3ccccc3c1C(=O)OCCO)CC2. The fraction of sp³-hybridized carbons (Fsp3) is 0.250. The van der Waals surface area contributed by atoms with Gasteiger partial charge in [-0.2, -0.15) is 0 Å². The number of esters is 1. The Kier molecular flexibility index (Phi) is 3.35. The molecule has 0 bridgehead atoms. The fourth-order valence-electron chi connectivity index (χ4n) is 2.86. The van der Waals surface area contributed by atoms with Crippen LogP contribution in [0.1, 0.15) is 31.8 Å². The van der Waals surface area contributed by atoms with Crippen LogP contribution in [-0.2, 0) is 17.6 Å². The summed E-state index contributed by atoms with van der Waals surface area (Å²) in [5.41, 5.74) is 1.85. The largest absolute Gasteiger partial charge is 0.478 e. The smallest absolute Gasteiger partial charge is 0.339 e. The number of hydrogen-bond acceptors (Lipinski definition) is 4. The van der Waals surface area contributed by atoms with Crippen LogP contribution in [0.3, 0.4) is 0 Å². The Labute approximate surface area is 120 Å². The van der Waals surface area contributed by atoms with Gasteiger partial charge >= 0.3 is 11.9 Å². The van der Waals surface area contributed by atoms with E-state index in [4.69, 9.17) is 9.84 Å². The third-order valence-corrected chi connectivity index (χ3v) is 3.81. The monoisotopic (exact) mass is 286 g/mol. The molecule has 1 aliphatic carbocycles. The zero-order valence-electron chi connectivity index (χ0n) is 11.3. The van der Waals surface area contributed by atoms with Crippen molar-refractivity contribution >= 4 is 22.7 Å². The van der Waals surface area contributed by atoms with E-state index in [2.05, 4.69) is 0 Å². The number of carbonyl (C=O) groups excluding carboxylic acids is 1. The minimum atomic E-state index is -1.12. The summed E-state index contributed by atoms with van der Waals surface area (Å²) in [7, 11) is 0. The molecule has 0 aliphatic heterocycles. The molecule has 0 fully saturated rings. The summed E-state index contributed by atoms with van der Waals surface area (Å²) in [6, 6.07) is 7.25. The maximum absolute atomic E-state index is 12.2. The Morgan fingerprint density at radius 3 is 2.29 bits per heavy atom. The van der Waals surface area contributed by atoms with Gasteiger partial charge in [0.15, 0.2) is 0 Å². The number of carboxylic acids is 1. The topological polar surface area (TPSA) is 83.8 Å². The first-order valence-electron chi connectivity index (χ1n) is 6.73. The number of aryl methyl sites for hydroxylation is 1. The molecule has 2 aromatic carbocycles. The molecule has 0 saturated heterocycles. The van der Waals surface area contributed by atoms with Crippen molar-refractivity contribution in [3.05, 3.63) is 46.5 Å². The first-order valence-corrected chi connectivity index (χ1v) is 6.73. The summed E-state index contributed by atoms with van der Waals surface area (Å²) in [5.74, 6) is -1.82. The van der Waals surface area contributed by atoms with Gasteiger partial charge in [-0.15, -0.1) is 0 Å². The van der Waals surface area contributed by atoms with E-state index in [9.17, 15) is 14.7 Å². The first-order chi connectivity index (χ1) is 10.1. The third kappa shape index (κ3) is 2.06. The summed E-state index contributed by atoms with van der Waals surface area (Å²) >= 11 is 0. The van der Waals surface area contributed by atoms with Crippen molar-refractivity contribution in [3.63, 3.8) is 0 Å². The second-order valence-electron chi connectivity index (χ2n) is 4.92. The highest BCUT2D eigenvalue weighted by Gasteiger charge is 2.31. The Balaban J connectivity index is 2.29. The molecular formula is C16H14O5. The molecule has 2 N–H and O–H groups in total. The Morgan fingerprint density at radius 1 is 1.05 bits per heavy atom. The predicted molar refractivity (Wildman–Crippen MR) is 75.7 cm³/mol. The van der Waals surface area contributed by atoms with Crippen LogP contribution in [0.15, 0.2) is 24.3 Å². The van der Waals surface area contributed by atoms with E-state index in [1.807, 2.05) is 12.1 Å². The minimum absolute atomic E-state index is 0.0397. The van der Waals surface area contributed by atoms with E-state index in [1.165, 1.54) is 0 Å². The van der Waals surface area contributed by atoms with Crippen molar-refractivity contribution in [1.82, 2.24) is 0 Å². The second-order valence-corrected chi connectivity index (χ2v) is 4.92. The van der Waals surface area contributed by atoms with Crippen LogP contribution in [0.5, 0.6) is 0 Å². The number of aliphatic hydroxyl groups is 1. The van der Waals surface area contributed by atoms with Crippen LogP contribution in [-0.4, -0.2) is 35.4 Å². The minimum Gasteiger partial charge on any atom is -0.478 e. The molecule has 0 unspecified atom stereocenters. The van der Waals surface area contributed by atoms with Gasteiger partial charge < -0.3 is 14.9 Å². The van der Waals surface area contributed by atoms with Gasteiger partial charge in [-0.05, 0) is 34.7 Å². The lowest BCUT2D eigenvalue weighted by atomic mass is 9.78. The lowest BCUT2D eigenvalue weighted by Crippen LogP contribution is -2.22. The Bertz CT molecular complexity index is 748. The predicted octanol–water partition coefficient (Wildman–Crippen LogP) is 1.79. The van der Waals surface area contributed by atoms with Gasteiger partial charge in [-0.25, -0.2) is 9.59 Å². The number of aliphatic hydroxyl groups excluding tert-OH is 1. The lowest BCUT2D eigenvalue weighted by molar-refractivity contribution is 0.0428. The molecular weight excluding hydrogens is 272 g/mol. The normalized spacial score (nSPS) is 12.6. The maximum atomic E-state index is 12.2. The number of hydrogen-bond donors (Lipinski definition) is 2. The summed E-state index contributed by atoms with van der Waals surface area (Å²) in [5, 5.41) is 19.7. The summed E-state index contributed by atoms with van der Waals surface area (Å²) in [4.78, 5) is 23.8. The van der Waals surface area contributed by atoms with E-state index >= 15 is 0 Å². The number of carboxylic acid groups (broad SMARTS) is 1. The molecule has 0 saturated carbocycles. The van der Waals surface area contributed by atoms with Crippen LogP contribution >= 0.6 is 0 Å². The highest BCUT2D eigenvalue weighted by atomic mass is 16.5. The molecule has 2 aromatic rings. The number of carbonyl (C=O) groups is 2. The van der Waals surface area contributed by atoms with Crippen molar-refractivity contribution in [2.24, 2.45) is 0 Å². The zero-order chi connectivity index (χ0) is 15.0. The molecule has 3 rings (SSSR count). The van der Waals surface area contributed by atoms with Crippen LogP contribution in [0.2, 0.25) is 0 Å². The quantitative estimate of drug-likeness (QED) is 0.837. The highest BCUT2D eigenvalue weighted by Crippen LogP contribution is 2.37. The number of aromatic carboxylic acids is 1. The number of rotatable bonds is 4. The van der Waals surface area contributed by atoms with Crippen molar-refractivity contribution in [3.8, 4) is 0 Å². The first kappa shape index (κ1) is 13.6. The van der Waals surface area contributed by atoms with E-state index in [0.717, 1.165) is 22.9 Å². The van der Waals surface area contributed by atoms with Crippen molar-refractivity contribution in [2.75, 3.05) is 13.2 Å². The van der Waals surface area contributed by atoms with E-state index in [-0.39, 0.29) is 24.3 Å². The van der Waals surface area contributed by atoms with Gasteiger partial charge in [0.05, 0.1) is 17.7 Å². The van der Waals surface area contributed by atoms with Crippen LogP contribution in [0.25, 0.3) is 10.8 Å². The average Bonchev–Trinajstić information content (AvgIpc) is 2.43.